The molecule has 0 unspecified atom stereocenters. The predicted molar refractivity (Wildman–Crippen MR) is 133 cm³/mol. The van der Waals surface area contributed by atoms with E-state index < -0.39 is 45.4 Å². The van der Waals surface area contributed by atoms with Crippen LogP contribution in [0.25, 0.3) is 0 Å². The van der Waals surface area contributed by atoms with Crippen LogP contribution < -0.4 is 9.62 Å². The van der Waals surface area contributed by atoms with E-state index in [-0.39, 0.29) is 37.2 Å². The van der Waals surface area contributed by atoms with Crippen LogP contribution in [-0.4, -0.2) is 50.5 Å². The van der Waals surface area contributed by atoms with Gasteiger partial charge in [0.2, 0.25) is 21.8 Å². The highest BCUT2D eigenvalue weighted by Gasteiger charge is 2.32. The first-order valence-corrected chi connectivity index (χ1v) is 13.6. The molecule has 0 aromatic heterocycles. The number of hydrogen-bond acceptors (Lipinski definition) is 4. The van der Waals surface area contributed by atoms with Crippen LogP contribution >= 0.6 is 0 Å². The summed E-state index contributed by atoms with van der Waals surface area (Å²) < 4.78 is 79.1. The van der Waals surface area contributed by atoms with Crippen LogP contribution in [0.3, 0.4) is 0 Å². The Morgan fingerprint density at radius 2 is 1.76 bits per heavy atom. The average Bonchev–Trinajstić information content (AvgIpc) is 2.82. The number of halogens is 4. The van der Waals surface area contributed by atoms with Gasteiger partial charge in [0.1, 0.15) is 11.9 Å². The van der Waals surface area contributed by atoms with Gasteiger partial charge >= 0.3 is 6.18 Å². The molecule has 0 spiro atoms. The van der Waals surface area contributed by atoms with Gasteiger partial charge < -0.3 is 10.2 Å². The lowest BCUT2D eigenvalue weighted by Crippen LogP contribution is -2.48. The Kier molecular flexibility index (Phi) is 10.5. The first kappa shape index (κ1) is 30.1. The molecule has 0 radical (unpaired) electrons. The van der Waals surface area contributed by atoms with E-state index in [1.165, 1.54) is 36.1 Å². The average molecular weight is 546 g/mol. The predicted octanol–water partition coefficient (Wildman–Crippen LogP) is 4.33. The minimum Gasteiger partial charge on any atom is -0.354 e. The number of carbonyl (C=O) groups excluding carboxylic acids is 2. The fraction of sp³-hybridized carbons (Fsp3) is 0.440. The maximum absolute atomic E-state index is 14.3. The molecule has 1 atom stereocenters. The van der Waals surface area contributed by atoms with Gasteiger partial charge in [0.05, 0.1) is 17.5 Å². The lowest BCUT2D eigenvalue weighted by atomic mass is 10.1. The zero-order chi connectivity index (χ0) is 27.8. The normalized spacial score (nSPS) is 12.6. The second-order valence-corrected chi connectivity index (χ2v) is 10.5. The quantitative estimate of drug-likeness (QED) is 0.402. The SMILES string of the molecule is CCCNC(=O)[C@H](C)N(Cc1ccccc1F)C(=O)CCCN(c1cccc(C(F)(F)F)c1)S(C)(=O)=O. The van der Waals surface area contributed by atoms with E-state index in [1.54, 1.807) is 6.07 Å². The third-order valence-electron chi connectivity index (χ3n) is 5.63. The van der Waals surface area contributed by atoms with Gasteiger partial charge in [0.25, 0.3) is 0 Å². The zero-order valence-corrected chi connectivity index (χ0v) is 21.7. The molecule has 0 fully saturated rings. The molecule has 0 aliphatic rings. The van der Waals surface area contributed by atoms with Gasteiger partial charge in [-0.05, 0) is 44.0 Å². The van der Waals surface area contributed by atoms with Gasteiger partial charge in [0, 0.05) is 31.6 Å². The smallest absolute Gasteiger partial charge is 0.354 e. The molecule has 1 N–H and O–H groups in total. The molecule has 7 nitrogen and oxygen atoms in total. The summed E-state index contributed by atoms with van der Waals surface area (Å²) in [6.07, 6.45) is -3.38. The molecule has 204 valence electrons. The van der Waals surface area contributed by atoms with Crippen molar-refractivity contribution >= 4 is 27.5 Å². The molecule has 12 heteroatoms. The van der Waals surface area contributed by atoms with Crippen molar-refractivity contribution in [3.8, 4) is 0 Å². The van der Waals surface area contributed by atoms with Crippen molar-refractivity contribution in [3.05, 3.63) is 65.5 Å². The van der Waals surface area contributed by atoms with E-state index in [0.717, 1.165) is 28.8 Å². The fourth-order valence-electron chi connectivity index (χ4n) is 3.63. The van der Waals surface area contributed by atoms with Gasteiger partial charge in [-0.3, -0.25) is 13.9 Å². The lowest BCUT2D eigenvalue weighted by Gasteiger charge is -2.29. The van der Waals surface area contributed by atoms with Gasteiger partial charge in [-0.1, -0.05) is 31.2 Å². The molecule has 0 aliphatic heterocycles. The second kappa shape index (κ2) is 12.9. The van der Waals surface area contributed by atoms with E-state index in [2.05, 4.69) is 5.32 Å². The summed E-state index contributed by atoms with van der Waals surface area (Å²) in [6.45, 7) is 3.32. The highest BCUT2D eigenvalue weighted by molar-refractivity contribution is 7.92. The summed E-state index contributed by atoms with van der Waals surface area (Å²) in [5.74, 6) is -1.50. The molecular weight excluding hydrogens is 514 g/mol. The summed E-state index contributed by atoms with van der Waals surface area (Å²) in [7, 11) is -3.97. The third kappa shape index (κ3) is 8.73. The number of benzene rings is 2. The molecule has 2 rings (SSSR count). The van der Waals surface area contributed by atoms with Gasteiger partial charge in [-0.2, -0.15) is 13.2 Å². The molecule has 2 aromatic carbocycles. The van der Waals surface area contributed by atoms with Gasteiger partial charge in [0.15, 0.2) is 0 Å². The van der Waals surface area contributed by atoms with Crippen LogP contribution in [0, 0.1) is 5.82 Å². The number of nitrogens with zero attached hydrogens (tertiary/aromatic N) is 2. The Morgan fingerprint density at radius 1 is 1.08 bits per heavy atom. The Morgan fingerprint density at radius 3 is 2.35 bits per heavy atom. The molecule has 0 bridgehead atoms. The second-order valence-electron chi connectivity index (χ2n) is 8.57. The van der Waals surface area contributed by atoms with Gasteiger partial charge in [-0.15, -0.1) is 0 Å². The van der Waals surface area contributed by atoms with Crippen LogP contribution in [0.15, 0.2) is 48.5 Å². The van der Waals surface area contributed by atoms with Crippen LogP contribution in [0.4, 0.5) is 23.2 Å². The van der Waals surface area contributed by atoms with Crippen molar-refractivity contribution < 1.29 is 35.6 Å². The zero-order valence-electron chi connectivity index (χ0n) is 20.9. The number of nitrogens with one attached hydrogen (secondary N) is 1. The largest absolute Gasteiger partial charge is 0.416 e. The fourth-order valence-corrected chi connectivity index (χ4v) is 4.59. The molecule has 0 aliphatic carbocycles. The molecule has 2 aromatic rings. The summed E-state index contributed by atoms with van der Waals surface area (Å²) in [6, 6.07) is 8.79. The van der Waals surface area contributed by atoms with Crippen molar-refractivity contribution in [2.45, 2.75) is 51.9 Å². The van der Waals surface area contributed by atoms with Crippen LogP contribution in [0.1, 0.15) is 44.2 Å². The number of amides is 2. The van der Waals surface area contributed by atoms with Crippen molar-refractivity contribution in [1.82, 2.24) is 10.2 Å². The molecule has 37 heavy (non-hydrogen) atoms. The molecule has 2 amide bonds. The van der Waals surface area contributed by atoms with Crippen LogP contribution in [-0.2, 0) is 32.3 Å². The first-order valence-electron chi connectivity index (χ1n) is 11.7. The minimum absolute atomic E-state index is 0.0424. The first-order chi connectivity index (χ1) is 17.3. The van der Waals surface area contributed by atoms with Crippen molar-refractivity contribution in [1.29, 1.82) is 0 Å². The van der Waals surface area contributed by atoms with Crippen molar-refractivity contribution in [3.63, 3.8) is 0 Å². The lowest BCUT2D eigenvalue weighted by molar-refractivity contribution is -0.140. The number of anilines is 1. The van der Waals surface area contributed by atoms with E-state index in [4.69, 9.17) is 0 Å². The van der Waals surface area contributed by atoms with E-state index in [0.29, 0.717) is 13.0 Å². The van der Waals surface area contributed by atoms with E-state index in [9.17, 15) is 35.6 Å². The van der Waals surface area contributed by atoms with Crippen LogP contribution in [0.5, 0.6) is 0 Å². The number of alkyl halides is 3. The summed E-state index contributed by atoms with van der Waals surface area (Å²) >= 11 is 0. The Balaban J connectivity index is 2.21. The summed E-state index contributed by atoms with van der Waals surface area (Å²) in [5.41, 5.74) is -0.981. The maximum atomic E-state index is 14.3. The topological polar surface area (TPSA) is 86.8 Å². The highest BCUT2D eigenvalue weighted by Crippen LogP contribution is 2.32. The van der Waals surface area contributed by atoms with Crippen LogP contribution in [0.2, 0.25) is 0 Å². The van der Waals surface area contributed by atoms with E-state index in [1.807, 2.05) is 6.92 Å². The van der Waals surface area contributed by atoms with Gasteiger partial charge in [-0.25, -0.2) is 12.8 Å². The number of rotatable bonds is 12. The number of hydrogen-bond donors (Lipinski definition) is 1. The standard InChI is InChI=1S/C25H31F4N3O4S/c1-4-14-30-24(34)18(2)31(17-19-9-5-6-12-22(19)26)23(33)13-8-15-32(37(3,35)36)21-11-7-10-20(16-21)25(27,28)29/h5-7,9-12,16,18H,4,8,13-15,17H2,1-3H3,(H,30,34)/t18-/m0/s1. The Hall–Kier alpha value is -3.15. The summed E-state index contributed by atoms with van der Waals surface area (Å²) in [4.78, 5) is 26.9. The van der Waals surface area contributed by atoms with Crippen molar-refractivity contribution in [2.24, 2.45) is 0 Å². The molecule has 0 saturated carbocycles. The monoisotopic (exact) mass is 545 g/mol. The highest BCUT2D eigenvalue weighted by atomic mass is 32.2. The molecular formula is C25H31F4N3O4S. The van der Waals surface area contributed by atoms with Crippen molar-refractivity contribution in [2.75, 3.05) is 23.7 Å². The maximum Gasteiger partial charge on any atom is 0.416 e. The number of sulfonamides is 1. The van der Waals surface area contributed by atoms with E-state index >= 15 is 0 Å². The summed E-state index contributed by atoms with van der Waals surface area (Å²) in [5, 5.41) is 2.69. The molecule has 0 saturated heterocycles. The Labute approximate surface area is 214 Å². The number of carbonyl (C=O) groups is 2. The molecule has 0 heterocycles. The third-order valence-corrected chi connectivity index (χ3v) is 6.82. The Bertz CT molecular complexity index is 1190. The minimum atomic E-state index is -4.66.